The first-order valence-corrected chi connectivity index (χ1v) is 12.4. The van der Waals surface area contributed by atoms with Gasteiger partial charge in [0.15, 0.2) is 0 Å². The van der Waals surface area contributed by atoms with Crippen LogP contribution in [0.1, 0.15) is 42.4 Å². The molecule has 1 aliphatic carbocycles. The molecule has 0 unspecified atom stereocenters. The second-order valence-electron chi connectivity index (χ2n) is 9.37. The number of amides is 2. The van der Waals surface area contributed by atoms with Crippen molar-refractivity contribution in [2.45, 2.75) is 56.5 Å². The number of hydrogen-bond donors (Lipinski definition) is 2. The molecule has 4 rings (SSSR count). The molecule has 1 saturated heterocycles. The van der Waals surface area contributed by atoms with Crippen LogP contribution in [0.25, 0.3) is 0 Å². The van der Waals surface area contributed by atoms with E-state index in [-0.39, 0.29) is 17.9 Å². The number of rotatable bonds is 7. The summed E-state index contributed by atoms with van der Waals surface area (Å²) in [7, 11) is 1.84. The van der Waals surface area contributed by atoms with Crippen molar-refractivity contribution in [3.8, 4) is 0 Å². The molecule has 2 aliphatic rings. The molecule has 0 bridgehead atoms. The molecule has 2 atom stereocenters. The highest BCUT2D eigenvalue weighted by atomic mass is 35.5. The fourth-order valence-electron chi connectivity index (χ4n) is 4.67. The summed E-state index contributed by atoms with van der Waals surface area (Å²) in [4.78, 5) is 28.9. The first-order valence-electron chi connectivity index (χ1n) is 11.6. The lowest BCUT2D eigenvalue weighted by molar-refractivity contribution is -0.138. The molecular weight excluding hydrogens is 457 g/mol. The van der Waals surface area contributed by atoms with Gasteiger partial charge in [0.1, 0.15) is 6.04 Å². The molecule has 5 nitrogen and oxygen atoms in total. The predicted octanol–water partition coefficient (Wildman–Crippen LogP) is 4.27. The van der Waals surface area contributed by atoms with Crippen LogP contribution in [-0.2, 0) is 21.4 Å². The third kappa shape index (κ3) is 5.37. The summed E-state index contributed by atoms with van der Waals surface area (Å²) >= 11 is 12.5. The summed E-state index contributed by atoms with van der Waals surface area (Å²) in [5.41, 5.74) is 2.25. The Balaban J connectivity index is 1.56. The van der Waals surface area contributed by atoms with E-state index in [0.717, 1.165) is 42.6 Å². The molecule has 176 valence electrons. The summed E-state index contributed by atoms with van der Waals surface area (Å²) < 4.78 is 0. The van der Waals surface area contributed by atoms with Crippen LogP contribution in [0.15, 0.2) is 42.5 Å². The number of nitrogens with zero attached hydrogens (tertiary/aromatic N) is 1. The van der Waals surface area contributed by atoms with Gasteiger partial charge in [-0.05, 0) is 62.4 Å². The monoisotopic (exact) mass is 487 g/mol. The van der Waals surface area contributed by atoms with E-state index < -0.39 is 11.5 Å². The fraction of sp³-hybridized carbons (Fsp3) is 0.462. The van der Waals surface area contributed by atoms with Crippen molar-refractivity contribution in [1.82, 2.24) is 15.5 Å². The molecule has 2 amide bonds. The van der Waals surface area contributed by atoms with E-state index in [0.29, 0.717) is 29.3 Å². The second-order valence-corrected chi connectivity index (χ2v) is 10.2. The van der Waals surface area contributed by atoms with E-state index in [9.17, 15) is 9.59 Å². The van der Waals surface area contributed by atoms with Crippen molar-refractivity contribution in [2.24, 2.45) is 0 Å². The number of carbonyl (C=O) groups excluding carboxylic acids is 2. The van der Waals surface area contributed by atoms with Crippen LogP contribution in [0, 0.1) is 6.92 Å². The van der Waals surface area contributed by atoms with Gasteiger partial charge in [-0.25, -0.2) is 0 Å². The minimum absolute atomic E-state index is 0.0596. The predicted molar refractivity (Wildman–Crippen MR) is 133 cm³/mol. The molecular formula is C26H31Cl2N3O2. The average molecular weight is 488 g/mol. The summed E-state index contributed by atoms with van der Waals surface area (Å²) in [6.45, 7) is 3.79. The quantitative estimate of drug-likeness (QED) is 0.612. The van der Waals surface area contributed by atoms with Crippen LogP contribution in [0.4, 0.5) is 0 Å². The van der Waals surface area contributed by atoms with Crippen LogP contribution in [0.2, 0.25) is 10.0 Å². The van der Waals surface area contributed by atoms with Crippen molar-refractivity contribution in [3.05, 3.63) is 69.2 Å². The van der Waals surface area contributed by atoms with Gasteiger partial charge >= 0.3 is 0 Å². The van der Waals surface area contributed by atoms with Crippen molar-refractivity contribution >= 4 is 35.0 Å². The minimum atomic E-state index is -0.696. The maximum atomic E-state index is 13.6. The van der Waals surface area contributed by atoms with Gasteiger partial charge in [0.05, 0.1) is 5.41 Å². The Morgan fingerprint density at radius 1 is 1.18 bits per heavy atom. The van der Waals surface area contributed by atoms with Crippen LogP contribution in [0.5, 0.6) is 0 Å². The van der Waals surface area contributed by atoms with Gasteiger partial charge in [-0.3, -0.25) is 9.59 Å². The third-order valence-corrected chi connectivity index (χ3v) is 7.51. The Morgan fingerprint density at radius 3 is 2.52 bits per heavy atom. The van der Waals surface area contributed by atoms with Crippen molar-refractivity contribution in [2.75, 3.05) is 20.1 Å². The first-order chi connectivity index (χ1) is 15.8. The Morgan fingerprint density at radius 2 is 1.91 bits per heavy atom. The van der Waals surface area contributed by atoms with Crippen molar-refractivity contribution < 1.29 is 9.59 Å². The first kappa shape index (κ1) is 24.1. The maximum absolute atomic E-state index is 13.6. The molecule has 0 radical (unpaired) electrons. The number of hydrogen-bond acceptors (Lipinski definition) is 3. The smallest absolute Gasteiger partial charge is 0.245 e. The number of piperidine rings is 1. The molecule has 2 aromatic rings. The number of benzene rings is 2. The molecule has 2 fully saturated rings. The highest BCUT2D eigenvalue weighted by Gasteiger charge is 2.53. The molecule has 1 aliphatic heterocycles. The Hall–Kier alpha value is -2.08. The van der Waals surface area contributed by atoms with E-state index in [4.69, 9.17) is 23.2 Å². The fourth-order valence-corrected chi connectivity index (χ4v) is 5.26. The molecule has 2 aromatic carbocycles. The van der Waals surface area contributed by atoms with E-state index in [1.807, 2.05) is 44.3 Å². The molecule has 0 spiro atoms. The van der Waals surface area contributed by atoms with Crippen molar-refractivity contribution in [1.29, 1.82) is 0 Å². The summed E-state index contributed by atoms with van der Waals surface area (Å²) in [6, 6.07) is 12.8. The van der Waals surface area contributed by atoms with Crippen LogP contribution in [-0.4, -0.2) is 48.9 Å². The van der Waals surface area contributed by atoms with Crippen molar-refractivity contribution in [3.63, 3.8) is 0 Å². The average Bonchev–Trinajstić information content (AvgIpc) is 3.61. The highest BCUT2D eigenvalue weighted by Crippen LogP contribution is 2.51. The maximum Gasteiger partial charge on any atom is 0.245 e. The molecule has 2 N–H and O–H groups in total. The van der Waals surface area contributed by atoms with Gasteiger partial charge in [0.25, 0.3) is 0 Å². The normalized spacial score (nSPS) is 20.1. The Labute approximate surface area is 205 Å². The number of halogens is 2. The van der Waals surface area contributed by atoms with Gasteiger partial charge in [-0.2, -0.15) is 0 Å². The topological polar surface area (TPSA) is 61.4 Å². The number of likely N-dealkylation sites (N-methyl/N-ethyl adjacent to an activating group) is 1. The summed E-state index contributed by atoms with van der Waals surface area (Å²) in [5, 5.41) is 7.49. The third-order valence-electron chi connectivity index (χ3n) is 6.96. The van der Waals surface area contributed by atoms with Gasteiger partial charge in [-0.15, -0.1) is 0 Å². The van der Waals surface area contributed by atoms with Gasteiger partial charge < -0.3 is 15.5 Å². The Bertz CT molecular complexity index is 1010. The number of nitrogens with one attached hydrogen (secondary N) is 2. The summed E-state index contributed by atoms with van der Waals surface area (Å²) in [5.74, 6) is -0.206. The molecule has 1 heterocycles. The van der Waals surface area contributed by atoms with Crippen LogP contribution in [0.3, 0.4) is 0 Å². The summed E-state index contributed by atoms with van der Waals surface area (Å²) in [6.07, 6.45) is 3.85. The highest BCUT2D eigenvalue weighted by molar-refractivity contribution is 6.35. The Kier molecular flexibility index (Phi) is 7.32. The molecule has 33 heavy (non-hydrogen) atoms. The van der Waals surface area contributed by atoms with Crippen LogP contribution >= 0.6 is 23.2 Å². The van der Waals surface area contributed by atoms with E-state index in [1.54, 1.807) is 17.0 Å². The molecule has 1 saturated carbocycles. The second kappa shape index (κ2) is 10.0. The number of carbonyl (C=O) groups is 2. The van der Waals surface area contributed by atoms with E-state index in [1.165, 1.54) is 0 Å². The molecule has 0 aromatic heterocycles. The van der Waals surface area contributed by atoms with Gasteiger partial charge in [0.2, 0.25) is 11.8 Å². The molecule has 7 heteroatoms. The van der Waals surface area contributed by atoms with Crippen LogP contribution < -0.4 is 10.6 Å². The lowest BCUT2D eigenvalue weighted by atomic mass is 9.93. The lowest BCUT2D eigenvalue weighted by Gasteiger charge is -2.34. The minimum Gasteiger partial charge on any atom is -0.343 e. The van der Waals surface area contributed by atoms with Gasteiger partial charge in [0, 0.05) is 36.1 Å². The zero-order valence-corrected chi connectivity index (χ0v) is 20.7. The zero-order chi connectivity index (χ0) is 23.6. The standard InChI is InChI=1S/C26H31Cl2N3O2/c1-17-5-7-18(8-6-17)14-23(24(32)31(2)20-4-3-13-29-16-20)30-25(33)26(11-12-26)21-10-9-19(27)15-22(21)28/h5-10,15,20,23,29H,3-4,11-14,16H2,1-2H3,(H,30,33)/t20-,23+/m1/s1. The van der Waals surface area contributed by atoms with E-state index >= 15 is 0 Å². The SMILES string of the molecule is Cc1ccc(C[C@H](NC(=O)C2(c3ccc(Cl)cc3Cl)CC2)C(=O)N(C)[C@@H]2CCCNC2)cc1. The van der Waals surface area contributed by atoms with Gasteiger partial charge in [-0.1, -0.05) is 59.1 Å². The number of aryl methyl sites for hydroxylation is 1. The zero-order valence-electron chi connectivity index (χ0n) is 19.2. The lowest BCUT2D eigenvalue weighted by Crippen LogP contribution is -2.55. The van der Waals surface area contributed by atoms with E-state index in [2.05, 4.69) is 10.6 Å². The largest absolute Gasteiger partial charge is 0.343 e.